The van der Waals surface area contributed by atoms with Gasteiger partial charge in [-0.2, -0.15) is 0 Å². The maximum Gasteiger partial charge on any atom is 0.153 e. The largest absolute Gasteiger partial charge is 0.507 e. The molecule has 1 unspecified atom stereocenters. The molecule has 0 aromatic heterocycles. The Balaban J connectivity index is 1.80. The van der Waals surface area contributed by atoms with Gasteiger partial charge in [0.15, 0.2) is 12.4 Å². The zero-order valence-corrected chi connectivity index (χ0v) is 15.9. The van der Waals surface area contributed by atoms with Crippen molar-refractivity contribution in [3.63, 3.8) is 0 Å². The van der Waals surface area contributed by atoms with Crippen LogP contribution in [0.5, 0.6) is 23.0 Å². The standard InChI is InChI=1S/C24H18O5/c1-27-18-9-10-19-22-14(18)7-4-8-16(22)24(29-19)17-11-20(28-2)15-6-3-5-13(12-25)21(15)23(17)26/h3-12,24,26H,1-2H3. The molecule has 1 atom stereocenters. The number of benzene rings is 4. The van der Waals surface area contributed by atoms with Gasteiger partial charge in [-0.1, -0.05) is 36.4 Å². The van der Waals surface area contributed by atoms with Gasteiger partial charge in [-0.25, -0.2) is 0 Å². The van der Waals surface area contributed by atoms with Crippen LogP contribution < -0.4 is 14.2 Å². The third kappa shape index (κ3) is 2.37. The fourth-order valence-corrected chi connectivity index (χ4v) is 4.23. The van der Waals surface area contributed by atoms with Crippen molar-refractivity contribution >= 4 is 27.8 Å². The number of ether oxygens (including phenoxy) is 3. The minimum Gasteiger partial charge on any atom is -0.507 e. The lowest BCUT2D eigenvalue weighted by Gasteiger charge is -2.18. The Morgan fingerprint density at radius 3 is 2.34 bits per heavy atom. The number of phenolic OH excluding ortho intramolecular Hbond substituents is 1. The Kier molecular flexibility index (Phi) is 3.84. The first-order chi connectivity index (χ1) is 14.2. The van der Waals surface area contributed by atoms with E-state index in [0.717, 1.165) is 34.1 Å². The molecule has 0 spiro atoms. The van der Waals surface area contributed by atoms with E-state index in [1.807, 2.05) is 36.4 Å². The number of hydrogen-bond donors (Lipinski definition) is 1. The molecule has 0 saturated carbocycles. The van der Waals surface area contributed by atoms with Crippen molar-refractivity contribution < 1.29 is 24.1 Å². The molecule has 4 aromatic rings. The van der Waals surface area contributed by atoms with Crippen LogP contribution in [0.4, 0.5) is 0 Å². The molecular weight excluding hydrogens is 368 g/mol. The summed E-state index contributed by atoms with van der Waals surface area (Å²) in [6, 6.07) is 16.7. The SMILES string of the molecule is COc1ccc2c3c(cccc13)C(c1cc(OC)c3cccc(C=O)c3c1O)O2. The number of phenols is 1. The van der Waals surface area contributed by atoms with Crippen molar-refractivity contribution in [3.8, 4) is 23.0 Å². The summed E-state index contributed by atoms with van der Waals surface area (Å²) in [5, 5.41) is 14.2. The fraction of sp³-hybridized carbons (Fsp3) is 0.125. The fourth-order valence-electron chi connectivity index (χ4n) is 4.23. The normalized spacial score (nSPS) is 14.8. The van der Waals surface area contributed by atoms with E-state index >= 15 is 0 Å². The number of fused-ring (bicyclic) bond motifs is 1. The second-order valence-corrected chi connectivity index (χ2v) is 6.94. The van der Waals surface area contributed by atoms with Crippen LogP contribution in [-0.4, -0.2) is 25.6 Å². The van der Waals surface area contributed by atoms with Gasteiger partial charge in [0.25, 0.3) is 0 Å². The van der Waals surface area contributed by atoms with Crippen LogP contribution in [0.2, 0.25) is 0 Å². The first kappa shape index (κ1) is 17.4. The Morgan fingerprint density at radius 1 is 0.897 bits per heavy atom. The van der Waals surface area contributed by atoms with Gasteiger partial charge in [-0.15, -0.1) is 0 Å². The highest BCUT2D eigenvalue weighted by atomic mass is 16.5. The molecular formula is C24H18O5. The van der Waals surface area contributed by atoms with Crippen molar-refractivity contribution in [1.82, 2.24) is 0 Å². The minimum atomic E-state index is -0.529. The van der Waals surface area contributed by atoms with Crippen molar-refractivity contribution in [3.05, 3.63) is 71.3 Å². The monoisotopic (exact) mass is 386 g/mol. The van der Waals surface area contributed by atoms with Crippen molar-refractivity contribution in [2.75, 3.05) is 14.2 Å². The second-order valence-electron chi connectivity index (χ2n) is 6.94. The lowest BCUT2D eigenvalue weighted by Crippen LogP contribution is -2.06. The molecule has 5 rings (SSSR count). The summed E-state index contributed by atoms with van der Waals surface area (Å²) >= 11 is 0. The molecule has 0 saturated heterocycles. The highest BCUT2D eigenvalue weighted by molar-refractivity contribution is 6.05. The average molecular weight is 386 g/mol. The van der Waals surface area contributed by atoms with E-state index < -0.39 is 6.10 Å². The predicted molar refractivity (Wildman–Crippen MR) is 111 cm³/mol. The lowest BCUT2D eigenvalue weighted by molar-refractivity contribution is 0.112. The zero-order valence-electron chi connectivity index (χ0n) is 15.9. The number of rotatable bonds is 4. The van der Waals surface area contributed by atoms with Crippen molar-refractivity contribution in [2.45, 2.75) is 6.10 Å². The molecule has 0 radical (unpaired) electrons. The molecule has 29 heavy (non-hydrogen) atoms. The van der Waals surface area contributed by atoms with Crippen LogP contribution >= 0.6 is 0 Å². The summed E-state index contributed by atoms with van der Waals surface area (Å²) in [7, 11) is 3.21. The van der Waals surface area contributed by atoms with Crippen LogP contribution in [0.25, 0.3) is 21.5 Å². The number of carbonyl (C=O) groups is 1. The van der Waals surface area contributed by atoms with Gasteiger partial charge in [-0.05, 0) is 18.2 Å². The van der Waals surface area contributed by atoms with Crippen LogP contribution in [0, 0.1) is 0 Å². The quantitative estimate of drug-likeness (QED) is 0.500. The van der Waals surface area contributed by atoms with Gasteiger partial charge in [0.2, 0.25) is 0 Å². The summed E-state index contributed by atoms with van der Waals surface area (Å²) in [5.41, 5.74) is 1.87. The number of aldehydes is 1. The average Bonchev–Trinajstić information content (AvgIpc) is 3.14. The Hall–Kier alpha value is -3.73. The molecule has 1 N–H and O–H groups in total. The molecule has 1 aliphatic heterocycles. The number of hydrogen-bond acceptors (Lipinski definition) is 5. The van der Waals surface area contributed by atoms with Crippen LogP contribution in [0.1, 0.15) is 27.6 Å². The molecule has 1 heterocycles. The molecule has 1 aliphatic rings. The number of aromatic hydroxyl groups is 1. The van der Waals surface area contributed by atoms with E-state index in [0.29, 0.717) is 27.6 Å². The highest BCUT2D eigenvalue weighted by Crippen LogP contribution is 2.50. The summed E-state index contributed by atoms with van der Waals surface area (Å²) < 4.78 is 17.3. The van der Waals surface area contributed by atoms with Gasteiger partial charge in [0.05, 0.1) is 14.2 Å². The first-order valence-corrected chi connectivity index (χ1v) is 9.22. The maximum absolute atomic E-state index is 11.6. The van der Waals surface area contributed by atoms with E-state index in [9.17, 15) is 9.90 Å². The van der Waals surface area contributed by atoms with Gasteiger partial charge >= 0.3 is 0 Å². The molecule has 5 heteroatoms. The maximum atomic E-state index is 11.6. The Morgan fingerprint density at radius 2 is 1.62 bits per heavy atom. The predicted octanol–water partition coefficient (Wildman–Crippen LogP) is 5.01. The molecule has 5 nitrogen and oxygen atoms in total. The molecule has 0 aliphatic carbocycles. The highest BCUT2D eigenvalue weighted by Gasteiger charge is 2.32. The zero-order chi connectivity index (χ0) is 20.1. The Bertz CT molecular complexity index is 1290. The van der Waals surface area contributed by atoms with E-state index in [-0.39, 0.29) is 5.75 Å². The van der Waals surface area contributed by atoms with E-state index in [4.69, 9.17) is 14.2 Å². The van der Waals surface area contributed by atoms with Crippen LogP contribution in [-0.2, 0) is 0 Å². The van der Waals surface area contributed by atoms with Gasteiger partial charge in [0, 0.05) is 38.2 Å². The van der Waals surface area contributed by atoms with Crippen molar-refractivity contribution in [1.29, 1.82) is 0 Å². The van der Waals surface area contributed by atoms with Crippen LogP contribution in [0.15, 0.2) is 54.6 Å². The Labute approximate surface area is 167 Å². The van der Waals surface area contributed by atoms with E-state index in [1.165, 1.54) is 0 Å². The topological polar surface area (TPSA) is 65.0 Å². The molecule has 144 valence electrons. The van der Waals surface area contributed by atoms with Crippen molar-refractivity contribution in [2.24, 2.45) is 0 Å². The van der Waals surface area contributed by atoms with E-state index in [1.54, 1.807) is 32.4 Å². The summed E-state index contributed by atoms with van der Waals surface area (Å²) in [5.74, 6) is 2.08. The summed E-state index contributed by atoms with van der Waals surface area (Å²) in [6.07, 6.45) is 0.208. The second kappa shape index (κ2) is 6.41. The lowest BCUT2D eigenvalue weighted by atomic mass is 9.93. The molecule has 0 fully saturated rings. The molecule has 0 amide bonds. The minimum absolute atomic E-state index is 0.0188. The third-order valence-corrected chi connectivity index (χ3v) is 5.53. The molecule has 4 aromatic carbocycles. The first-order valence-electron chi connectivity index (χ1n) is 9.22. The smallest absolute Gasteiger partial charge is 0.153 e. The number of carbonyl (C=O) groups excluding carboxylic acids is 1. The van der Waals surface area contributed by atoms with Gasteiger partial charge in [-0.3, -0.25) is 4.79 Å². The summed E-state index contributed by atoms with van der Waals surface area (Å²) in [6.45, 7) is 0. The third-order valence-electron chi connectivity index (χ3n) is 5.53. The van der Waals surface area contributed by atoms with Gasteiger partial charge in [0.1, 0.15) is 23.0 Å². The molecule has 0 bridgehead atoms. The summed E-state index contributed by atoms with van der Waals surface area (Å²) in [4.78, 5) is 11.6. The van der Waals surface area contributed by atoms with E-state index in [2.05, 4.69) is 0 Å². The van der Waals surface area contributed by atoms with Crippen LogP contribution in [0.3, 0.4) is 0 Å². The number of methoxy groups -OCH3 is 2. The van der Waals surface area contributed by atoms with Gasteiger partial charge < -0.3 is 19.3 Å².